The van der Waals surface area contributed by atoms with Crippen LogP contribution in [0, 0.1) is 6.92 Å². The summed E-state index contributed by atoms with van der Waals surface area (Å²) in [6, 6.07) is 1.36. The van der Waals surface area contributed by atoms with Crippen LogP contribution in [0.4, 0.5) is 0 Å². The lowest BCUT2D eigenvalue weighted by Gasteiger charge is -1.90. The molecule has 4 heteroatoms. The highest BCUT2D eigenvalue weighted by molar-refractivity contribution is 5.89. The van der Waals surface area contributed by atoms with E-state index in [4.69, 9.17) is 4.42 Å². The van der Waals surface area contributed by atoms with E-state index >= 15 is 0 Å². The fraction of sp³-hybridized carbons (Fsp3) is 0.250. The fourth-order valence-electron chi connectivity index (χ4n) is 0.814. The van der Waals surface area contributed by atoms with Crippen LogP contribution < -0.4 is 0 Å². The second kappa shape index (κ2) is 3.21. The molecule has 0 aliphatic rings. The van der Waals surface area contributed by atoms with Crippen molar-refractivity contribution in [2.45, 2.75) is 6.92 Å². The van der Waals surface area contributed by atoms with Gasteiger partial charge in [-0.3, -0.25) is 4.79 Å². The Bertz CT molecular complexity index is 311. The Labute approximate surface area is 69.1 Å². The van der Waals surface area contributed by atoms with Gasteiger partial charge in [0.15, 0.2) is 6.29 Å². The first-order chi connectivity index (χ1) is 5.69. The van der Waals surface area contributed by atoms with Crippen molar-refractivity contribution in [3.63, 3.8) is 0 Å². The zero-order chi connectivity index (χ0) is 9.14. The number of rotatable bonds is 2. The van der Waals surface area contributed by atoms with Gasteiger partial charge in [0.2, 0.25) is 5.76 Å². The van der Waals surface area contributed by atoms with Crippen molar-refractivity contribution in [3.05, 3.63) is 23.2 Å². The molecule has 64 valence electrons. The Morgan fingerprint density at radius 3 is 2.75 bits per heavy atom. The third-order valence-corrected chi connectivity index (χ3v) is 1.47. The molecule has 0 radical (unpaired) electrons. The molecule has 1 rings (SSSR count). The lowest BCUT2D eigenvalue weighted by molar-refractivity contribution is 0.0563. The van der Waals surface area contributed by atoms with Crippen molar-refractivity contribution >= 4 is 12.3 Å². The van der Waals surface area contributed by atoms with Gasteiger partial charge in [-0.15, -0.1) is 0 Å². The first kappa shape index (κ1) is 8.52. The molecular weight excluding hydrogens is 160 g/mol. The number of aldehydes is 1. The van der Waals surface area contributed by atoms with Gasteiger partial charge in [0, 0.05) is 6.07 Å². The van der Waals surface area contributed by atoms with Crippen LogP contribution in [-0.4, -0.2) is 19.4 Å². The monoisotopic (exact) mass is 168 g/mol. The molecule has 0 atom stereocenters. The predicted octanol–water partition coefficient (Wildman–Crippen LogP) is 1.19. The summed E-state index contributed by atoms with van der Waals surface area (Å²) in [5, 5.41) is 0. The number of hydrogen-bond acceptors (Lipinski definition) is 4. The molecule has 0 aliphatic heterocycles. The summed E-state index contributed by atoms with van der Waals surface area (Å²) in [6.07, 6.45) is 0.630. The summed E-state index contributed by atoms with van der Waals surface area (Å²) >= 11 is 0. The SMILES string of the molecule is COC(=O)c1cc(C=O)c(C)o1. The summed E-state index contributed by atoms with van der Waals surface area (Å²) in [5.41, 5.74) is 0.371. The number of hydrogen-bond donors (Lipinski definition) is 0. The molecule has 0 aromatic carbocycles. The Kier molecular flexibility index (Phi) is 2.28. The highest BCUT2D eigenvalue weighted by atomic mass is 16.5. The van der Waals surface area contributed by atoms with Crippen LogP contribution in [0.5, 0.6) is 0 Å². The lowest BCUT2D eigenvalue weighted by Crippen LogP contribution is -1.98. The molecule has 1 aromatic heterocycles. The zero-order valence-electron chi connectivity index (χ0n) is 6.79. The Hall–Kier alpha value is -1.58. The van der Waals surface area contributed by atoms with Crippen LogP contribution in [0.2, 0.25) is 0 Å². The van der Waals surface area contributed by atoms with E-state index in [2.05, 4.69) is 4.74 Å². The molecule has 4 nitrogen and oxygen atoms in total. The lowest BCUT2D eigenvalue weighted by atomic mass is 10.3. The second-order valence-corrected chi connectivity index (χ2v) is 2.23. The van der Waals surface area contributed by atoms with Gasteiger partial charge in [0.1, 0.15) is 5.76 Å². The Morgan fingerprint density at radius 1 is 1.67 bits per heavy atom. The van der Waals surface area contributed by atoms with Crippen molar-refractivity contribution in [1.29, 1.82) is 0 Å². The maximum atomic E-state index is 10.9. The summed E-state index contributed by atoms with van der Waals surface area (Å²) < 4.78 is 9.35. The van der Waals surface area contributed by atoms with Gasteiger partial charge in [0.25, 0.3) is 0 Å². The normalized spacial score (nSPS) is 9.50. The summed E-state index contributed by atoms with van der Waals surface area (Å²) in [4.78, 5) is 21.2. The van der Waals surface area contributed by atoms with Crippen molar-refractivity contribution in [2.75, 3.05) is 7.11 Å². The first-order valence-corrected chi connectivity index (χ1v) is 3.33. The highest BCUT2D eigenvalue weighted by Gasteiger charge is 2.13. The van der Waals surface area contributed by atoms with Crippen molar-refractivity contribution in [2.24, 2.45) is 0 Å². The molecule has 12 heavy (non-hydrogen) atoms. The molecule has 0 amide bonds. The van der Waals surface area contributed by atoms with E-state index < -0.39 is 5.97 Å². The Morgan fingerprint density at radius 2 is 2.33 bits per heavy atom. The van der Waals surface area contributed by atoms with Crippen molar-refractivity contribution in [1.82, 2.24) is 0 Å². The van der Waals surface area contributed by atoms with Gasteiger partial charge in [-0.1, -0.05) is 0 Å². The average molecular weight is 168 g/mol. The number of esters is 1. The van der Waals surface area contributed by atoms with Crippen molar-refractivity contribution in [3.8, 4) is 0 Å². The van der Waals surface area contributed by atoms with E-state index in [0.29, 0.717) is 17.6 Å². The Balaban J connectivity index is 3.04. The number of carbonyl (C=O) groups excluding carboxylic acids is 2. The third kappa shape index (κ3) is 1.37. The molecule has 0 saturated heterocycles. The minimum absolute atomic E-state index is 0.0529. The number of carbonyl (C=O) groups is 2. The molecule has 0 aliphatic carbocycles. The van der Waals surface area contributed by atoms with E-state index in [9.17, 15) is 9.59 Å². The van der Waals surface area contributed by atoms with Crippen LogP contribution in [0.3, 0.4) is 0 Å². The highest BCUT2D eigenvalue weighted by Crippen LogP contribution is 2.12. The van der Waals surface area contributed by atoms with E-state index in [-0.39, 0.29) is 5.76 Å². The van der Waals surface area contributed by atoms with Gasteiger partial charge in [-0.25, -0.2) is 4.79 Å². The molecule has 0 fully saturated rings. The minimum atomic E-state index is -0.578. The number of methoxy groups -OCH3 is 1. The van der Waals surface area contributed by atoms with Crippen molar-refractivity contribution < 1.29 is 18.7 Å². The molecule has 0 unspecified atom stereocenters. The average Bonchev–Trinajstić information content (AvgIpc) is 2.45. The van der Waals surface area contributed by atoms with E-state index in [1.807, 2.05) is 0 Å². The summed E-state index contributed by atoms with van der Waals surface area (Å²) in [7, 11) is 1.25. The van der Waals surface area contributed by atoms with Gasteiger partial charge in [-0.05, 0) is 6.92 Å². The standard InChI is InChI=1S/C8H8O4/c1-5-6(4-9)3-7(12-5)8(10)11-2/h3-4H,1-2H3. The molecule has 0 bridgehead atoms. The van der Waals surface area contributed by atoms with E-state index in [1.54, 1.807) is 6.92 Å². The maximum Gasteiger partial charge on any atom is 0.373 e. The van der Waals surface area contributed by atoms with Gasteiger partial charge < -0.3 is 9.15 Å². The van der Waals surface area contributed by atoms with Crippen LogP contribution in [0.25, 0.3) is 0 Å². The molecule has 1 aromatic rings. The zero-order valence-corrected chi connectivity index (χ0v) is 6.79. The molecule has 1 heterocycles. The molecule has 0 spiro atoms. The number of furan rings is 1. The second-order valence-electron chi connectivity index (χ2n) is 2.23. The third-order valence-electron chi connectivity index (χ3n) is 1.47. The summed E-state index contributed by atoms with van der Waals surface area (Å²) in [6.45, 7) is 1.61. The van der Waals surface area contributed by atoms with Gasteiger partial charge in [0.05, 0.1) is 12.7 Å². The largest absolute Gasteiger partial charge is 0.463 e. The quantitative estimate of drug-likeness (QED) is 0.491. The molecule has 0 saturated carbocycles. The van der Waals surface area contributed by atoms with Crippen LogP contribution in [0.15, 0.2) is 10.5 Å². The van der Waals surface area contributed by atoms with Gasteiger partial charge >= 0.3 is 5.97 Å². The minimum Gasteiger partial charge on any atom is -0.463 e. The number of aryl methyl sites for hydroxylation is 1. The van der Waals surface area contributed by atoms with E-state index in [0.717, 1.165) is 0 Å². The predicted molar refractivity (Wildman–Crippen MR) is 40.2 cm³/mol. The molecular formula is C8H8O4. The van der Waals surface area contributed by atoms with E-state index in [1.165, 1.54) is 13.2 Å². The topological polar surface area (TPSA) is 56.5 Å². The molecule has 0 N–H and O–H groups in total. The fourth-order valence-corrected chi connectivity index (χ4v) is 0.814. The first-order valence-electron chi connectivity index (χ1n) is 3.33. The van der Waals surface area contributed by atoms with Crippen LogP contribution >= 0.6 is 0 Å². The van der Waals surface area contributed by atoms with Crippen LogP contribution in [0.1, 0.15) is 26.7 Å². The van der Waals surface area contributed by atoms with Gasteiger partial charge in [-0.2, -0.15) is 0 Å². The number of ether oxygens (including phenoxy) is 1. The maximum absolute atomic E-state index is 10.9. The summed E-state index contributed by atoms with van der Waals surface area (Å²) in [5.74, 6) is -0.103. The smallest absolute Gasteiger partial charge is 0.373 e. The van der Waals surface area contributed by atoms with Crippen LogP contribution in [-0.2, 0) is 4.74 Å².